The largest absolute Gasteiger partial charge is 0.393 e. The van der Waals surface area contributed by atoms with E-state index in [1.807, 2.05) is 0 Å². The fraction of sp³-hybridized carbons (Fsp3) is 0.696. The molecule has 1 saturated heterocycles. The molecule has 0 spiro atoms. The molecule has 0 aromatic heterocycles. The molecule has 28 heavy (non-hydrogen) atoms. The fourth-order valence-electron chi connectivity index (χ4n) is 4.22. The van der Waals surface area contributed by atoms with E-state index in [4.69, 9.17) is 4.99 Å². The van der Waals surface area contributed by atoms with Gasteiger partial charge in [0.1, 0.15) is 0 Å². The molecule has 5 nitrogen and oxygen atoms in total. The standard InChI is InChI=1S/C23H38N4O/c1-3-24-23(26-21-8-10-22(28)11-9-21)25-16-19-6-4-5-7-20(19)17-27-14-12-18(2)13-15-27/h4-7,18,21-22,28H,3,8-17H2,1-2H3,(H2,24,25,26). The topological polar surface area (TPSA) is 59.9 Å². The molecule has 5 heteroatoms. The summed E-state index contributed by atoms with van der Waals surface area (Å²) in [7, 11) is 0. The van der Waals surface area contributed by atoms with E-state index in [9.17, 15) is 5.11 Å². The molecule has 1 aliphatic carbocycles. The fourth-order valence-corrected chi connectivity index (χ4v) is 4.22. The summed E-state index contributed by atoms with van der Waals surface area (Å²) in [5.74, 6) is 1.76. The van der Waals surface area contributed by atoms with Gasteiger partial charge in [-0.05, 0) is 75.6 Å². The van der Waals surface area contributed by atoms with E-state index in [1.165, 1.54) is 37.1 Å². The Bertz CT molecular complexity index is 617. The van der Waals surface area contributed by atoms with Gasteiger partial charge in [-0.15, -0.1) is 0 Å². The van der Waals surface area contributed by atoms with Gasteiger partial charge in [-0.2, -0.15) is 0 Å². The summed E-state index contributed by atoms with van der Waals surface area (Å²) >= 11 is 0. The highest BCUT2D eigenvalue weighted by molar-refractivity contribution is 5.80. The highest BCUT2D eigenvalue weighted by Gasteiger charge is 2.20. The Balaban J connectivity index is 1.60. The first-order chi connectivity index (χ1) is 13.6. The third-order valence-electron chi connectivity index (χ3n) is 6.18. The number of nitrogens with one attached hydrogen (secondary N) is 2. The summed E-state index contributed by atoms with van der Waals surface area (Å²) in [6.45, 7) is 9.46. The number of aliphatic hydroxyl groups excluding tert-OH is 1. The summed E-state index contributed by atoms with van der Waals surface area (Å²) in [5, 5.41) is 16.7. The van der Waals surface area contributed by atoms with Crippen LogP contribution in [0.25, 0.3) is 0 Å². The smallest absolute Gasteiger partial charge is 0.191 e. The second kappa shape index (κ2) is 10.8. The van der Waals surface area contributed by atoms with Crippen LogP contribution in [0, 0.1) is 5.92 Å². The van der Waals surface area contributed by atoms with E-state index in [-0.39, 0.29) is 6.10 Å². The molecule has 2 fully saturated rings. The van der Waals surface area contributed by atoms with Crippen molar-refractivity contribution in [1.29, 1.82) is 0 Å². The Hall–Kier alpha value is -1.59. The third kappa shape index (κ3) is 6.49. The van der Waals surface area contributed by atoms with Crippen LogP contribution in [-0.4, -0.2) is 47.7 Å². The van der Waals surface area contributed by atoms with Gasteiger partial charge in [0.2, 0.25) is 0 Å². The van der Waals surface area contributed by atoms with Gasteiger partial charge in [0, 0.05) is 19.1 Å². The second-order valence-electron chi connectivity index (χ2n) is 8.57. The number of hydrogen-bond donors (Lipinski definition) is 3. The zero-order valence-electron chi connectivity index (χ0n) is 17.7. The molecule has 3 N–H and O–H groups in total. The summed E-state index contributed by atoms with van der Waals surface area (Å²) in [4.78, 5) is 7.46. The van der Waals surface area contributed by atoms with Crippen molar-refractivity contribution in [3.8, 4) is 0 Å². The minimum absolute atomic E-state index is 0.123. The van der Waals surface area contributed by atoms with Crippen molar-refractivity contribution in [2.45, 2.75) is 77.6 Å². The van der Waals surface area contributed by atoms with Gasteiger partial charge in [0.25, 0.3) is 0 Å². The Kier molecular flexibility index (Phi) is 8.16. The summed E-state index contributed by atoms with van der Waals surface area (Å²) in [6, 6.07) is 9.14. The Morgan fingerprint density at radius 1 is 1.07 bits per heavy atom. The first-order valence-electron chi connectivity index (χ1n) is 11.2. The van der Waals surface area contributed by atoms with Gasteiger partial charge in [-0.3, -0.25) is 4.90 Å². The van der Waals surface area contributed by atoms with Crippen molar-refractivity contribution >= 4 is 5.96 Å². The summed E-state index contributed by atoms with van der Waals surface area (Å²) in [5.41, 5.74) is 2.72. The van der Waals surface area contributed by atoms with E-state index in [2.05, 4.69) is 53.6 Å². The maximum absolute atomic E-state index is 9.72. The van der Waals surface area contributed by atoms with Crippen molar-refractivity contribution < 1.29 is 5.11 Å². The number of guanidine groups is 1. The molecule has 0 unspecified atom stereocenters. The monoisotopic (exact) mass is 386 g/mol. The molecule has 156 valence electrons. The van der Waals surface area contributed by atoms with E-state index < -0.39 is 0 Å². The lowest BCUT2D eigenvalue weighted by Gasteiger charge is -2.30. The lowest BCUT2D eigenvalue weighted by Crippen LogP contribution is -2.45. The Labute approximate surface area is 170 Å². The molecule has 1 saturated carbocycles. The molecule has 0 amide bonds. The van der Waals surface area contributed by atoms with Gasteiger partial charge in [0.05, 0.1) is 12.6 Å². The summed E-state index contributed by atoms with van der Waals surface area (Å²) < 4.78 is 0. The van der Waals surface area contributed by atoms with E-state index >= 15 is 0 Å². The number of rotatable bonds is 6. The molecular weight excluding hydrogens is 348 g/mol. The lowest BCUT2D eigenvalue weighted by molar-refractivity contribution is 0.120. The van der Waals surface area contributed by atoms with Gasteiger partial charge in [-0.1, -0.05) is 31.2 Å². The van der Waals surface area contributed by atoms with Crippen LogP contribution in [0.15, 0.2) is 29.3 Å². The third-order valence-corrected chi connectivity index (χ3v) is 6.18. The van der Waals surface area contributed by atoms with Crippen LogP contribution in [0.4, 0.5) is 0 Å². The average Bonchev–Trinajstić information content (AvgIpc) is 2.71. The highest BCUT2D eigenvalue weighted by Crippen LogP contribution is 2.20. The van der Waals surface area contributed by atoms with E-state index in [0.717, 1.165) is 50.7 Å². The number of aliphatic imine (C=N–C) groups is 1. The van der Waals surface area contributed by atoms with Crippen molar-refractivity contribution in [2.24, 2.45) is 10.9 Å². The van der Waals surface area contributed by atoms with Crippen LogP contribution >= 0.6 is 0 Å². The normalized spacial score (nSPS) is 24.9. The quantitative estimate of drug-likeness (QED) is 0.519. The van der Waals surface area contributed by atoms with Gasteiger partial charge < -0.3 is 15.7 Å². The van der Waals surface area contributed by atoms with Crippen LogP contribution in [0.1, 0.15) is 63.5 Å². The Morgan fingerprint density at radius 3 is 2.43 bits per heavy atom. The van der Waals surface area contributed by atoms with Crippen LogP contribution in [-0.2, 0) is 13.1 Å². The number of nitrogens with zero attached hydrogens (tertiary/aromatic N) is 2. The van der Waals surface area contributed by atoms with Crippen LogP contribution in [0.2, 0.25) is 0 Å². The SMILES string of the molecule is CCNC(=NCc1ccccc1CN1CCC(C)CC1)NC1CCC(O)CC1. The highest BCUT2D eigenvalue weighted by atomic mass is 16.3. The van der Waals surface area contributed by atoms with Gasteiger partial charge in [0.15, 0.2) is 5.96 Å². The van der Waals surface area contributed by atoms with Gasteiger partial charge in [-0.25, -0.2) is 4.99 Å². The van der Waals surface area contributed by atoms with Crippen molar-refractivity contribution in [2.75, 3.05) is 19.6 Å². The first kappa shape index (κ1) is 21.1. The molecule has 1 heterocycles. The molecule has 1 aliphatic heterocycles. The first-order valence-corrected chi connectivity index (χ1v) is 11.2. The number of aliphatic hydroxyl groups is 1. The molecule has 0 atom stereocenters. The average molecular weight is 387 g/mol. The molecule has 0 bridgehead atoms. The minimum atomic E-state index is -0.123. The molecule has 2 aliphatic rings. The van der Waals surface area contributed by atoms with E-state index in [0.29, 0.717) is 12.6 Å². The molecular formula is C23H38N4O. The number of benzene rings is 1. The number of piperidine rings is 1. The lowest BCUT2D eigenvalue weighted by atomic mass is 9.93. The van der Waals surface area contributed by atoms with Crippen molar-refractivity contribution in [3.05, 3.63) is 35.4 Å². The van der Waals surface area contributed by atoms with Gasteiger partial charge >= 0.3 is 0 Å². The summed E-state index contributed by atoms with van der Waals surface area (Å²) in [6.07, 6.45) is 6.28. The van der Waals surface area contributed by atoms with Crippen LogP contribution in [0.3, 0.4) is 0 Å². The van der Waals surface area contributed by atoms with Crippen molar-refractivity contribution in [3.63, 3.8) is 0 Å². The van der Waals surface area contributed by atoms with Crippen molar-refractivity contribution in [1.82, 2.24) is 15.5 Å². The minimum Gasteiger partial charge on any atom is -0.393 e. The predicted octanol–water partition coefficient (Wildman–Crippen LogP) is 3.28. The Morgan fingerprint density at radius 2 is 1.75 bits per heavy atom. The van der Waals surface area contributed by atoms with E-state index in [1.54, 1.807) is 0 Å². The van der Waals surface area contributed by atoms with Crippen LogP contribution < -0.4 is 10.6 Å². The number of likely N-dealkylation sites (tertiary alicyclic amines) is 1. The second-order valence-corrected chi connectivity index (χ2v) is 8.57. The molecule has 1 aromatic carbocycles. The van der Waals surface area contributed by atoms with Crippen LogP contribution in [0.5, 0.6) is 0 Å². The number of hydrogen-bond acceptors (Lipinski definition) is 3. The molecule has 0 radical (unpaired) electrons. The molecule has 1 aromatic rings. The maximum atomic E-state index is 9.72. The zero-order valence-corrected chi connectivity index (χ0v) is 17.7. The maximum Gasteiger partial charge on any atom is 0.191 e. The predicted molar refractivity (Wildman–Crippen MR) is 116 cm³/mol. The zero-order chi connectivity index (χ0) is 19.8. The molecule has 3 rings (SSSR count).